The number of esters is 1. The second-order valence-electron chi connectivity index (χ2n) is 4.14. The largest absolute Gasteiger partial charge is 0.469 e. The number of carbonyl (C=O) groups excluding carboxylic acids is 1. The third-order valence-corrected chi connectivity index (χ3v) is 3.65. The summed E-state index contributed by atoms with van der Waals surface area (Å²) in [6.45, 7) is 0. The Morgan fingerprint density at radius 2 is 2.21 bits per heavy atom. The summed E-state index contributed by atoms with van der Waals surface area (Å²) < 4.78 is 4.78. The number of fused-ring (bicyclic) bond motifs is 2. The van der Waals surface area contributed by atoms with Gasteiger partial charge in [-0.25, -0.2) is 4.99 Å². The van der Waals surface area contributed by atoms with Crippen LogP contribution in [0.4, 0.5) is 0 Å². The van der Waals surface area contributed by atoms with Crippen molar-refractivity contribution < 1.29 is 9.53 Å². The normalized spacial score (nSPS) is 39.2. The molecule has 2 aliphatic rings. The number of ether oxygens (including phenoxy) is 1. The van der Waals surface area contributed by atoms with Gasteiger partial charge in [0.05, 0.1) is 24.2 Å². The lowest BCUT2D eigenvalue weighted by molar-refractivity contribution is -0.147. The number of isothiocyanates is 1. The number of thiocarbonyl (C=S) groups is 1. The first-order valence-corrected chi connectivity index (χ1v) is 5.32. The average Bonchev–Trinajstić information content (AvgIpc) is 2.76. The van der Waals surface area contributed by atoms with Crippen LogP contribution in [0.2, 0.25) is 0 Å². The summed E-state index contributed by atoms with van der Waals surface area (Å²) in [4.78, 5) is 15.5. The lowest BCUT2D eigenvalue weighted by Gasteiger charge is -2.22. The zero-order valence-corrected chi connectivity index (χ0v) is 8.92. The van der Waals surface area contributed by atoms with Crippen molar-refractivity contribution in [3.05, 3.63) is 0 Å². The fourth-order valence-electron chi connectivity index (χ4n) is 2.91. The standard InChI is InChI=1S/C10H13NO2S/c1-13-10(12)8-3-7-2-6(8)4-9(7)11-5-14/h6-9H,2-4H2,1H3/t6?,7?,8-,9?/m0/s1. The Morgan fingerprint density at radius 3 is 2.71 bits per heavy atom. The smallest absolute Gasteiger partial charge is 0.308 e. The topological polar surface area (TPSA) is 38.7 Å². The highest BCUT2D eigenvalue weighted by atomic mass is 32.1. The van der Waals surface area contributed by atoms with E-state index in [0.29, 0.717) is 17.9 Å². The third-order valence-electron chi connectivity index (χ3n) is 3.54. The second kappa shape index (κ2) is 3.79. The highest BCUT2D eigenvalue weighted by molar-refractivity contribution is 7.78. The van der Waals surface area contributed by atoms with E-state index in [1.807, 2.05) is 0 Å². The van der Waals surface area contributed by atoms with Gasteiger partial charge in [0, 0.05) is 0 Å². The molecule has 0 spiro atoms. The van der Waals surface area contributed by atoms with E-state index >= 15 is 0 Å². The number of rotatable bonds is 2. The maximum atomic E-state index is 11.4. The highest BCUT2D eigenvalue weighted by Gasteiger charge is 2.49. The molecule has 0 radical (unpaired) electrons. The summed E-state index contributed by atoms with van der Waals surface area (Å²) in [7, 11) is 1.46. The molecule has 0 aliphatic heterocycles. The molecule has 3 nitrogen and oxygen atoms in total. The molecular weight excluding hydrogens is 198 g/mol. The Kier molecular flexibility index (Phi) is 2.66. The van der Waals surface area contributed by atoms with E-state index < -0.39 is 0 Å². The van der Waals surface area contributed by atoms with Gasteiger partial charge in [0.25, 0.3) is 0 Å². The van der Waals surface area contributed by atoms with E-state index in [2.05, 4.69) is 22.4 Å². The van der Waals surface area contributed by atoms with Crippen LogP contribution in [0.5, 0.6) is 0 Å². The van der Waals surface area contributed by atoms with Crippen LogP contribution in [0, 0.1) is 17.8 Å². The van der Waals surface area contributed by atoms with Gasteiger partial charge in [-0.15, -0.1) is 0 Å². The molecule has 0 amide bonds. The maximum absolute atomic E-state index is 11.4. The summed E-state index contributed by atoms with van der Waals surface area (Å²) in [5.74, 6) is 1.05. The number of hydrogen-bond donors (Lipinski definition) is 0. The summed E-state index contributed by atoms with van der Waals surface area (Å²) in [6.07, 6.45) is 3.00. The molecule has 2 aliphatic carbocycles. The first-order chi connectivity index (χ1) is 6.76. The van der Waals surface area contributed by atoms with Gasteiger partial charge in [-0.2, -0.15) is 0 Å². The van der Waals surface area contributed by atoms with Crippen molar-refractivity contribution in [1.29, 1.82) is 0 Å². The van der Waals surface area contributed by atoms with E-state index in [1.54, 1.807) is 0 Å². The van der Waals surface area contributed by atoms with Crippen LogP contribution in [0.15, 0.2) is 4.99 Å². The average molecular weight is 211 g/mol. The monoisotopic (exact) mass is 211 g/mol. The molecule has 4 atom stereocenters. The van der Waals surface area contributed by atoms with Gasteiger partial charge in [0.15, 0.2) is 0 Å². The lowest BCUT2D eigenvalue weighted by atomic mass is 9.86. The summed E-state index contributed by atoms with van der Waals surface area (Å²) in [6, 6.07) is 0.318. The number of hydrogen-bond acceptors (Lipinski definition) is 4. The van der Waals surface area contributed by atoms with Crippen LogP contribution in [0.3, 0.4) is 0 Å². The Hall–Kier alpha value is -0.730. The molecule has 76 valence electrons. The van der Waals surface area contributed by atoms with Crippen molar-refractivity contribution in [3.8, 4) is 0 Å². The van der Waals surface area contributed by atoms with E-state index in [9.17, 15) is 4.79 Å². The van der Waals surface area contributed by atoms with Gasteiger partial charge in [-0.1, -0.05) is 0 Å². The van der Waals surface area contributed by atoms with Crippen LogP contribution in [0.1, 0.15) is 19.3 Å². The Morgan fingerprint density at radius 1 is 1.43 bits per heavy atom. The van der Waals surface area contributed by atoms with Crippen molar-refractivity contribution >= 4 is 23.3 Å². The third kappa shape index (κ3) is 1.49. The summed E-state index contributed by atoms with van der Waals surface area (Å²) >= 11 is 4.60. The summed E-state index contributed by atoms with van der Waals surface area (Å²) in [5.41, 5.74) is 0. The fraction of sp³-hybridized carbons (Fsp3) is 0.800. The minimum Gasteiger partial charge on any atom is -0.469 e. The van der Waals surface area contributed by atoms with Gasteiger partial charge < -0.3 is 4.74 Å². The molecule has 2 bridgehead atoms. The molecule has 0 aromatic heterocycles. The van der Waals surface area contributed by atoms with E-state index in [1.165, 1.54) is 7.11 Å². The summed E-state index contributed by atoms with van der Waals surface area (Å²) in [5, 5.41) is 2.44. The van der Waals surface area contributed by atoms with Crippen LogP contribution >= 0.6 is 12.2 Å². The van der Waals surface area contributed by atoms with Crippen molar-refractivity contribution in [1.82, 2.24) is 0 Å². The number of aliphatic imine (C=N–C) groups is 1. The molecular formula is C10H13NO2S. The molecule has 2 saturated carbocycles. The first kappa shape index (κ1) is 9.81. The van der Waals surface area contributed by atoms with Crippen molar-refractivity contribution in [2.24, 2.45) is 22.7 Å². The van der Waals surface area contributed by atoms with Crippen LogP contribution in [-0.2, 0) is 9.53 Å². The van der Waals surface area contributed by atoms with E-state index in [0.717, 1.165) is 19.3 Å². The Balaban J connectivity index is 2.02. The second-order valence-corrected chi connectivity index (χ2v) is 4.33. The Bertz CT molecular complexity index is 298. The van der Waals surface area contributed by atoms with Crippen LogP contribution in [-0.4, -0.2) is 24.3 Å². The van der Waals surface area contributed by atoms with Crippen LogP contribution in [0.25, 0.3) is 0 Å². The van der Waals surface area contributed by atoms with Crippen molar-refractivity contribution in [2.75, 3.05) is 7.11 Å². The number of nitrogens with zero attached hydrogens (tertiary/aromatic N) is 1. The lowest BCUT2D eigenvalue weighted by Crippen LogP contribution is -2.27. The molecule has 0 N–H and O–H groups in total. The Labute approximate surface area is 88.5 Å². The number of methoxy groups -OCH3 is 1. The van der Waals surface area contributed by atoms with Crippen molar-refractivity contribution in [2.45, 2.75) is 25.3 Å². The van der Waals surface area contributed by atoms with Gasteiger partial charge in [-0.05, 0) is 43.3 Å². The van der Waals surface area contributed by atoms with Gasteiger partial charge >= 0.3 is 5.97 Å². The van der Waals surface area contributed by atoms with Crippen molar-refractivity contribution in [3.63, 3.8) is 0 Å². The molecule has 14 heavy (non-hydrogen) atoms. The zero-order chi connectivity index (χ0) is 10.1. The molecule has 0 heterocycles. The van der Waals surface area contributed by atoms with Crippen LogP contribution < -0.4 is 0 Å². The van der Waals surface area contributed by atoms with Gasteiger partial charge in [0.2, 0.25) is 0 Å². The number of carbonyl (C=O) groups is 1. The first-order valence-electron chi connectivity index (χ1n) is 4.91. The minimum atomic E-state index is -0.0534. The SMILES string of the molecule is COC(=O)[C@H]1CC2CC1CC2N=C=S. The molecule has 0 aromatic carbocycles. The molecule has 2 fully saturated rings. The predicted octanol–water partition coefficient (Wildman–Crippen LogP) is 1.68. The molecule has 2 rings (SSSR count). The quantitative estimate of drug-likeness (QED) is 0.396. The van der Waals surface area contributed by atoms with Gasteiger partial charge in [-0.3, -0.25) is 4.79 Å². The maximum Gasteiger partial charge on any atom is 0.308 e. The van der Waals surface area contributed by atoms with E-state index in [-0.39, 0.29) is 11.9 Å². The molecule has 0 saturated heterocycles. The fourth-order valence-corrected chi connectivity index (χ4v) is 3.05. The molecule has 0 aromatic rings. The molecule has 3 unspecified atom stereocenters. The zero-order valence-electron chi connectivity index (χ0n) is 8.10. The van der Waals surface area contributed by atoms with Gasteiger partial charge in [0.1, 0.15) is 0 Å². The minimum absolute atomic E-state index is 0.0534. The molecule has 4 heteroatoms. The predicted molar refractivity (Wildman–Crippen MR) is 55.2 cm³/mol. The van der Waals surface area contributed by atoms with E-state index in [4.69, 9.17) is 4.74 Å². The highest BCUT2D eigenvalue weighted by Crippen LogP contribution is 2.49.